The third kappa shape index (κ3) is 5.29. The number of nitrogens with zero attached hydrogens (tertiary/aromatic N) is 1. The molecule has 0 spiro atoms. The summed E-state index contributed by atoms with van der Waals surface area (Å²) in [6, 6.07) is 10.9. The van der Waals surface area contributed by atoms with E-state index in [4.69, 9.17) is 30.9 Å². The number of nitrogens with one attached hydrogen (secondary N) is 1. The second-order valence-electron chi connectivity index (χ2n) is 5.12. The van der Waals surface area contributed by atoms with Crippen LogP contribution in [0.5, 0.6) is 17.2 Å². The topological polar surface area (TPSA) is 89.4 Å². The van der Waals surface area contributed by atoms with Crippen LogP contribution in [-0.2, 0) is 11.3 Å². The highest BCUT2D eigenvalue weighted by Crippen LogP contribution is 2.36. The zero-order valence-corrected chi connectivity index (χ0v) is 15.1. The van der Waals surface area contributed by atoms with Gasteiger partial charge in [0.25, 0.3) is 0 Å². The van der Waals surface area contributed by atoms with Crippen LogP contribution in [0, 0.1) is 0 Å². The minimum absolute atomic E-state index is 0.177. The van der Waals surface area contributed by atoms with Crippen LogP contribution < -0.4 is 19.6 Å². The molecule has 0 fully saturated rings. The van der Waals surface area contributed by atoms with E-state index < -0.39 is 12.6 Å². The van der Waals surface area contributed by atoms with E-state index >= 15 is 0 Å². The number of para-hydroxylation sites is 1. The monoisotopic (exact) mass is 378 g/mol. The summed E-state index contributed by atoms with van der Waals surface area (Å²) in [5.74, 6) is 0.176. The van der Waals surface area contributed by atoms with Gasteiger partial charge in [-0.3, -0.25) is 0 Å². The minimum Gasteiger partial charge on any atom is -0.496 e. The quantitative estimate of drug-likeness (QED) is 0.515. The number of halogens is 1. The average Bonchev–Trinajstić information content (AvgIpc) is 2.64. The molecular weight excluding hydrogens is 360 g/mol. The van der Waals surface area contributed by atoms with Crippen molar-refractivity contribution >= 4 is 23.8 Å². The fourth-order valence-electron chi connectivity index (χ4n) is 2.19. The summed E-state index contributed by atoms with van der Waals surface area (Å²) < 4.78 is 15.6. The van der Waals surface area contributed by atoms with Crippen molar-refractivity contribution in [3.05, 3.63) is 52.5 Å². The number of carboxylic acids is 1. The van der Waals surface area contributed by atoms with Crippen molar-refractivity contribution in [2.45, 2.75) is 6.54 Å². The lowest BCUT2D eigenvalue weighted by Crippen LogP contribution is -2.10. The SMILES string of the molecule is COc1ccccc1CN/N=C\c1cc(Cl)c(OCC(=O)O)c(OC)c1. The number of benzene rings is 2. The highest BCUT2D eigenvalue weighted by molar-refractivity contribution is 6.32. The Labute approximate surface area is 156 Å². The summed E-state index contributed by atoms with van der Waals surface area (Å²) in [5, 5.41) is 13.1. The number of carboxylic acid groups (broad SMARTS) is 1. The number of methoxy groups -OCH3 is 2. The number of hydrogen-bond acceptors (Lipinski definition) is 6. The summed E-state index contributed by atoms with van der Waals surface area (Å²) in [6.45, 7) is -0.0187. The number of rotatable bonds is 9. The van der Waals surface area contributed by atoms with E-state index in [2.05, 4.69) is 10.5 Å². The van der Waals surface area contributed by atoms with Crippen molar-refractivity contribution in [1.29, 1.82) is 0 Å². The maximum Gasteiger partial charge on any atom is 0.341 e. The van der Waals surface area contributed by atoms with Gasteiger partial charge >= 0.3 is 5.97 Å². The van der Waals surface area contributed by atoms with Crippen LogP contribution >= 0.6 is 11.6 Å². The largest absolute Gasteiger partial charge is 0.496 e. The molecule has 0 heterocycles. The fraction of sp³-hybridized carbons (Fsp3) is 0.222. The van der Waals surface area contributed by atoms with Crippen molar-refractivity contribution in [3.63, 3.8) is 0 Å². The van der Waals surface area contributed by atoms with Crippen LogP contribution in [0.3, 0.4) is 0 Å². The van der Waals surface area contributed by atoms with Crippen LogP contribution in [-0.4, -0.2) is 38.1 Å². The predicted octanol–water partition coefficient (Wildman–Crippen LogP) is 2.94. The molecule has 2 aromatic rings. The number of hydrazone groups is 1. The molecule has 2 aromatic carbocycles. The van der Waals surface area contributed by atoms with Gasteiger partial charge < -0.3 is 24.7 Å². The molecule has 0 unspecified atom stereocenters. The first-order valence-electron chi connectivity index (χ1n) is 7.65. The van der Waals surface area contributed by atoms with Gasteiger partial charge in [0.2, 0.25) is 0 Å². The highest BCUT2D eigenvalue weighted by Gasteiger charge is 2.13. The van der Waals surface area contributed by atoms with Gasteiger partial charge in [-0.1, -0.05) is 29.8 Å². The van der Waals surface area contributed by atoms with Crippen LogP contribution in [0.25, 0.3) is 0 Å². The molecule has 7 nitrogen and oxygen atoms in total. The Morgan fingerprint density at radius 1 is 1.23 bits per heavy atom. The van der Waals surface area contributed by atoms with Crippen LogP contribution in [0.4, 0.5) is 0 Å². The highest BCUT2D eigenvalue weighted by atomic mass is 35.5. The van der Waals surface area contributed by atoms with Crippen molar-refractivity contribution < 1.29 is 24.1 Å². The Balaban J connectivity index is 2.05. The van der Waals surface area contributed by atoms with E-state index in [1.807, 2.05) is 24.3 Å². The lowest BCUT2D eigenvalue weighted by atomic mass is 10.2. The molecule has 0 amide bonds. The second-order valence-corrected chi connectivity index (χ2v) is 5.53. The summed E-state index contributed by atoms with van der Waals surface area (Å²) in [5.41, 5.74) is 4.57. The molecule has 0 aromatic heterocycles. The molecule has 0 saturated heterocycles. The Kier molecular flexibility index (Phi) is 7.11. The van der Waals surface area contributed by atoms with Crippen molar-refractivity contribution in [1.82, 2.24) is 5.43 Å². The van der Waals surface area contributed by atoms with Crippen molar-refractivity contribution in [3.8, 4) is 17.2 Å². The number of carbonyl (C=O) groups is 1. The van der Waals surface area contributed by atoms with Gasteiger partial charge in [-0.25, -0.2) is 4.79 Å². The number of hydrogen-bond donors (Lipinski definition) is 2. The minimum atomic E-state index is -1.10. The van der Waals surface area contributed by atoms with Gasteiger partial charge in [0, 0.05) is 5.56 Å². The molecule has 2 rings (SSSR count). The van der Waals surface area contributed by atoms with Gasteiger partial charge in [-0.2, -0.15) is 5.10 Å². The lowest BCUT2D eigenvalue weighted by molar-refractivity contribution is -0.139. The summed E-state index contributed by atoms with van der Waals surface area (Å²) >= 11 is 6.15. The Morgan fingerprint density at radius 3 is 2.65 bits per heavy atom. The molecule has 2 N–H and O–H groups in total. The first kappa shape index (κ1) is 19.4. The lowest BCUT2D eigenvalue weighted by Gasteiger charge is -2.12. The molecule has 0 saturated carbocycles. The Bertz CT molecular complexity index is 795. The van der Waals surface area contributed by atoms with Gasteiger partial charge in [-0.05, 0) is 23.8 Å². The van der Waals surface area contributed by atoms with Gasteiger partial charge in [0.15, 0.2) is 18.1 Å². The molecule has 0 aliphatic heterocycles. The molecule has 0 aliphatic carbocycles. The number of aliphatic carboxylic acids is 1. The van der Waals surface area contributed by atoms with E-state index in [-0.39, 0.29) is 10.8 Å². The third-order valence-electron chi connectivity index (χ3n) is 3.36. The molecule has 8 heteroatoms. The van der Waals surface area contributed by atoms with E-state index in [9.17, 15) is 4.79 Å². The molecule has 138 valence electrons. The standard InChI is InChI=1S/C18H19ClN2O5/c1-24-15-6-4-3-5-13(15)10-21-20-9-12-7-14(19)18(16(8-12)25-2)26-11-17(22)23/h3-9,21H,10-11H2,1-2H3,(H,22,23)/b20-9-. The molecular formula is C18H19ClN2O5. The van der Waals surface area contributed by atoms with Crippen LogP contribution in [0.1, 0.15) is 11.1 Å². The maximum absolute atomic E-state index is 10.6. The van der Waals surface area contributed by atoms with Crippen LogP contribution in [0.15, 0.2) is 41.5 Å². The second kappa shape index (κ2) is 9.53. The van der Waals surface area contributed by atoms with Gasteiger partial charge in [-0.15, -0.1) is 0 Å². The van der Waals surface area contributed by atoms with Crippen molar-refractivity contribution in [2.24, 2.45) is 5.10 Å². The first-order chi connectivity index (χ1) is 12.5. The third-order valence-corrected chi connectivity index (χ3v) is 3.64. The number of ether oxygens (including phenoxy) is 3. The van der Waals surface area contributed by atoms with E-state index in [0.29, 0.717) is 17.9 Å². The fourth-order valence-corrected chi connectivity index (χ4v) is 2.46. The zero-order chi connectivity index (χ0) is 18.9. The molecule has 0 radical (unpaired) electrons. The van der Waals surface area contributed by atoms with E-state index in [1.165, 1.54) is 7.11 Å². The average molecular weight is 379 g/mol. The summed E-state index contributed by atoms with van der Waals surface area (Å²) in [6.07, 6.45) is 1.57. The smallest absolute Gasteiger partial charge is 0.341 e. The first-order valence-corrected chi connectivity index (χ1v) is 8.03. The normalized spacial score (nSPS) is 10.6. The molecule has 26 heavy (non-hydrogen) atoms. The van der Waals surface area contributed by atoms with E-state index in [1.54, 1.807) is 25.5 Å². The maximum atomic E-state index is 10.6. The molecule has 0 atom stereocenters. The van der Waals surface area contributed by atoms with E-state index in [0.717, 1.165) is 11.3 Å². The summed E-state index contributed by atoms with van der Waals surface area (Å²) in [4.78, 5) is 10.6. The van der Waals surface area contributed by atoms with Gasteiger partial charge in [0.05, 0.1) is 32.0 Å². The molecule has 0 aliphatic rings. The van der Waals surface area contributed by atoms with Crippen LogP contribution in [0.2, 0.25) is 5.02 Å². The predicted molar refractivity (Wildman–Crippen MR) is 98.6 cm³/mol. The van der Waals surface area contributed by atoms with Crippen molar-refractivity contribution in [2.75, 3.05) is 20.8 Å². The summed E-state index contributed by atoms with van der Waals surface area (Å²) in [7, 11) is 3.06. The van der Waals surface area contributed by atoms with Gasteiger partial charge in [0.1, 0.15) is 5.75 Å². The Morgan fingerprint density at radius 2 is 1.96 bits per heavy atom. The Hall–Kier alpha value is -2.93. The molecule has 0 bridgehead atoms. The zero-order valence-electron chi connectivity index (χ0n) is 14.4.